The van der Waals surface area contributed by atoms with E-state index in [1.807, 2.05) is 31.2 Å². The lowest BCUT2D eigenvalue weighted by molar-refractivity contribution is -0.130. The minimum atomic E-state index is -0.573. The van der Waals surface area contributed by atoms with Crippen LogP contribution >= 0.6 is 34.8 Å². The van der Waals surface area contributed by atoms with Crippen molar-refractivity contribution in [2.75, 3.05) is 26.2 Å². The van der Waals surface area contributed by atoms with E-state index >= 15 is 0 Å². The molecule has 0 saturated carbocycles. The summed E-state index contributed by atoms with van der Waals surface area (Å²) in [5.41, 5.74) is 1.71. The Kier molecular flexibility index (Phi) is 11.3. The molecule has 2 aromatic rings. The number of aryl methyl sites for hydroxylation is 1. The molecule has 0 bridgehead atoms. The molecule has 1 atom stereocenters. The van der Waals surface area contributed by atoms with E-state index in [0.717, 1.165) is 68.9 Å². The molecule has 4 rings (SSSR count). The van der Waals surface area contributed by atoms with Crippen LogP contribution in [0, 0.1) is 0 Å². The Morgan fingerprint density at radius 1 is 1.00 bits per heavy atom. The van der Waals surface area contributed by atoms with Gasteiger partial charge in [0.2, 0.25) is 5.91 Å². The van der Waals surface area contributed by atoms with E-state index in [1.54, 1.807) is 13.0 Å². The molecule has 2 heterocycles. The van der Waals surface area contributed by atoms with E-state index in [0.29, 0.717) is 28.4 Å². The minimum absolute atomic E-state index is 0.137. The molecule has 1 unspecified atom stereocenters. The minimum Gasteiger partial charge on any atom is -0.340 e. The van der Waals surface area contributed by atoms with E-state index in [4.69, 9.17) is 34.8 Å². The smallest absolute Gasteiger partial charge is 0.222 e. The normalized spacial score (nSPS) is 18.3. The fourth-order valence-corrected chi connectivity index (χ4v) is 5.62. The molecule has 0 aromatic heterocycles. The maximum Gasteiger partial charge on any atom is 0.222 e. The first-order valence-corrected chi connectivity index (χ1v) is 14.5. The molecule has 0 radical (unpaired) electrons. The number of halogens is 3. The van der Waals surface area contributed by atoms with Gasteiger partial charge < -0.3 is 9.80 Å². The van der Waals surface area contributed by atoms with Gasteiger partial charge in [-0.25, -0.2) is 0 Å². The van der Waals surface area contributed by atoms with Crippen LogP contribution < -0.4 is 0 Å². The summed E-state index contributed by atoms with van der Waals surface area (Å²) < 4.78 is 0. The maximum absolute atomic E-state index is 12.5. The van der Waals surface area contributed by atoms with Crippen LogP contribution in [0.4, 0.5) is 0 Å². The highest BCUT2D eigenvalue weighted by Crippen LogP contribution is 2.34. The number of hydrogen-bond acceptors (Lipinski definition) is 3. The second-order valence-corrected chi connectivity index (χ2v) is 11.7. The number of benzene rings is 2. The number of nitrogens with zero attached hydrogens (tertiary/aromatic N) is 2. The summed E-state index contributed by atoms with van der Waals surface area (Å²) >= 11 is 17.9. The van der Waals surface area contributed by atoms with E-state index in [2.05, 4.69) is 28.9 Å². The van der Waals surface area contributed by atoms with E-state index in [-0.39, 0.29) is 5.78 Å². The van der Waals surface area contributed by atoms with Gasteiger partial charge in [0.1, 0.15) is 5.78 Å². The maximum atomic E-state index is 12.5. The van der Waals surface area contributed by atoms with Gasteiger partial charge in [-0.05, 0) is 87.9 Å². The number of Topliss-reactive ketones (excluding diaryl/α,β-unsaturated/α-hetero) is 1. The summed E-state index contributed by atoms with van der Waals surface area (Å²) in [6.45, 7) is 9.54. The molecule has 2 saturated heterocycles. The molecule has 2 fully saturated rings. The van der Waals surface area contributed by atoms with Crippen molar-refractivity contribution in [3.8, 4) is 0 Å². The van der Waals surface area contributed by atoms with Crippen LogP contribution in [0.25, 0.3) is 0 Å². The summed E-state index contributed by atoms with van der Waals surface area (Å²) in [5, 5.41) is 1.81. The lowest BCUT2D eigenvalue weighted by Gasteiger charge is -2.38. The summed E-state index contributed by atoms with van der Waals surface area (Å²) in [7, 11) is 0. The van der Waals surface area contributed by atoms with Crippen LogP contribution in [0.1, 0.15) is 70.4 Å². The fraction of sp³-hybridized carbons (Fsp3) is 0.533. The molecule has 2 aromatic carbocycles. The van der Waals surface area contributed by atoms with Gasteiger partial charge in [0.15, 0.2) is 0 Å². The third-order valence-electron chi connectivity index (χ3n) is 7.82. The Balaban J connectivity index is 0.000000319. The lowest BCUT2D eigenvalue weighted by atomic mass is 9.76. The molecular formula is C30H39Cl3N2O2. The van der Waals surface area contributed by atoms with Crippen molar-refractivity contribution < 1.29 is 9.59 Å². The zero-order valence-corrected chi connectivity index (χ0v) is 24.5. The molecule has 7 heteroatoms. The second kappa shape index (κ2) is 14.0. The average Bonchev–Trinajstić information content (AvgIpc) is 3.32. The van der Waals surface area contributed by atoms with Crippen LogP contribution in [0.2, 0.25) is 15.1 Å². The van der Waals surface area contributed by atoms with Crippen LogP contribution in [-0.2, 0) is 21.4 Å². The van der Waals surface area contributed by atoms with E-state index in [9.17, 15) is 9.59 Å². The van der Waals surface area contributed by atoms with Crippen LogP contribution in [-0.4, -0.2) is 53.7 Å². The largest absolute Gasteiger partial charge is 0.340 e. The number of hydrogen-bond donors (Lipinski definition) is 0. The number of carbonyl (C=O) groups excluding carboxylic acids is 2. The monoisotopic (exact) mass is 564 g/mol. The zero-order chi connectivity index (χ0) is 27.0. The highest BCUT2D eigenvalue weighted by atomic mass is 35.5. The molecule has 202 valence electrons. The molecule has 4 nitrogen and oxygen atoms in total. The Morgan fingerprint density at radius 3 is 2.22 bits per heavy atom. The molecule has 0 N–H and O–H groups in total. The number of likely N-dealkylation sites (tertiary alicyclic amines) is 2. The van der Waals surface area contributed by atoms with Gasteiger partial charge >= 0.3 is 0 Å². The highest BCUT2D eigenvalue weighted by molar-refractivity contribution is 6.42. The van der Waals surface area contributed by atoms with E-state index in [1.165, 1.54) is 12.0 Å². The van der Waals surface area contributed by atoms with Crippen LogP contribution in [0.3, 0.4) is 0 Å². The van der Waals surface area contributed by atoms with Gasteiger partial charge in [0.05, 0.1) is 15.5 Å². The summed E-state index contributed by atoms with van der Waals surface area (Å²) in [4.78, 5) is 28.9. The zero-order valence-electron chi connectivity index (χ0n) is 22.2. The van der Waals surface area contributed by atoms with Gasteiger partial charge in [0, 0.05) is 37.1 Å². The van der Waals surface area contributed by atoms with Crippen molar-refractivity contribution >= 4 is 46.5 Å². The topological polar surface area (TPSA) is 40.6 Å². The lowest BCUT2D eigenvalue weighted by Crippen LogP contribution is -2.46. The van der Waals surface area contributed by atoms with Gasteiger partial charge in [0.25, 0.3) is 0 Å². The Labute approximate surface area is 237 Å². The number of ketones is 1. The van der Waals surface area contributed by atoms with Crippen LogP contribution in [0.5, 0.6) is 0 Å². The van der Waals surface area contributed by atoms with Gasteiger partial charge in [-0.3, -0.25) is 9.59 Å². The quantitative estimate of drug-likeness (QED) is 0.331. The third kappa shape index (κ3) is 8.20. The molecular weight excluding hydrogens is 527 g/mol. The molecule has 2 aliphatic heterocycles. The first-order valence-electron chi connectivity index (χ1n) is 13.4. The SMILES string of the molecule is CC(=O)C(C)(CCN1CCC(N2CCCC2=O)CC1)c1ccc(Cl)c(Cl)c1.CCCc1ccc(Cl)cc1. The van der Waals surface area contributed by atoms with E-state index < -0.39 is 5.41 Å². The third-order valence-corrected chi connectivity index (χ3v) is 8.81. The Hall–Kier alpha value is -1.59. The second-order valence-electron chi connectivity index (χ2n) is 10.4. The first kappa shape index (κ1) is 30.0. The van der Waals surface area contributed by atoms with Crippen molar-refractivity contribution in [2.24, 2.45) is 0 Å². The Bertz CT molecular complexity index is 1050. The summed E-state index contributed by atoms with van der Waals surface area (Å²) in [6.07, 6.45) is 6.84. The predicted molar refractivity (Wildman–Crippen MR) is 155 cm³/mol. The number of amides is 1. The average molecular weight is 566 g/mol. The van der Waals surface area contributed by atoms with Crippen LogP contribution in [0.15, 0.2) is 42.5 Å². The standard InChI is InChI=1S/C21H28Cl2N2O2.C9H11Cl/c1-15(26)21(2,16-5-6-18(22)19(23)14-16)9-13-24-11-7-17(8-12-24)25-10-3-4-20(25)27;1-2-3-8-4-6-9(10)7-5-8/h5-6,14,17H,3-4,7-13H2,1-2H3;4-7H,2-3H2,1H3. The predicted octanol–water partition coefficient (Wildman–Crippen LogP) is 7.61. The Morgan fingerprint density at radius 2 is 1.68 bits per heavy atom. The summed E-state index contributed by atoms with van der Waals surface area (Å²) in [6, 6.07) is 13.9. The molecule has 0 aliphatic carbocycles. The van der Waals surface area contributed by atoms with Crippen molar-refractivity contribution in [2.45, 2.75) is 77.2 Å². The van der Waals surface area contributed by atoms with Crippen molar-refractivity contribution in [3.63, 3.8) is 0 Å². The fourth-order valence-electron chi connectivity index (χ4n) is 5.19. The van der Waals surface area contributed by atoms with Crippen molar-refractivity contribution in [1.29, 1.82) is 0 Å². The number of carbonyl (C=O) groups is 2. The highest BCUT2D eigenvalue weighted by Gasteiger charge is 2.34. The molecule has 37 heavy (non-hydrogen) atoms. The van der Waals surface area contributed by atoms with Gasteiger partial charge in [-0.1, -0.05) is 66.3 Å². The number of rotatable bonds is 8. The molecule has 1 amide bonds. The van der Waals surface area contributed by atoms with Gasteiger partial charge in [-0.15, -0.1) is 0 Å². The molecule has 2 aliphatic rings. The summed E-state index contributed by atoms with van der Waals surface area (Å²) in [5.74, 6) is 0.454. The molecule has 0 spiro atoms. The number of piperidine rings is 1. The van der Waals surface area contributed by atoms with Crippen molar-refractivity contribution in [3.05, 3.63) is 68.7 Å². The van der Waals surface area contributed by atoms with Crippen molar-refractivity contribution in [1.82, 2.24) is 9.80 Å². The first-order chi connectivity index (χ1) is 17.6. The van der Waals surface area contributed by atoms with Gasteiger partial charge in [-0.2, -0.15) is 0 Å².